The molecule has 2 fully saturated rings. The molecule has 3 aliphatic rings. The number of anilines is 1. The van der Waals surface area contributed by atoms with Gasteiger partial charge >= 0.3 is 226 Å². The van der Waals surface area contributed by atoms with Gasteiger partial charge in [0.05, 0.1) is 0 Å². The monoisotopic (exact) mass is 629 g/mol. The molecule has 0 bridgehead atoms. The second kappa shape index (κ2) is 12.7. The van der Waals surface area contributed by atoms with Gasteiger partial charge in [0.15, 0.2) is 0 Å². The Morgan fingerprint density at radius 3 is 2.53 bits per heavy atom. The van der Waals surface area contributed by atoms with E-state index in [9.17, 15) is 14.7 Å². The van der Waals surface area contributed by atoms with Crippen molar-refractivity contribution < 1.29 is 14.7 Å². The number of carboxylic acid groups (broad SMARTS) is 1. The molecule has 1 aliphatic heterocycles. The van der Waals surface area contributed by atoms with Gasteiger partial charge in [0, 0.05) is 0 Å². The van der Waals surface area contributed by atoms with Crippen molar-refractivity contribution in [3.63, 3.8) is 0 Å². The fourth-order valence-electron chi connectivity index (χ4n) is 5.67. The van der Waals surface area contributed by atoms with Crippen LogP contribution in [0.2, 0.25) is 0 Å². The van der Waals surface area contributed by atoms with E-state index in [0.29, 0.717) is 20.5 Å². The zero-order chi connectivity index (χ0) is 25.7. The molecule has 4 N–H and O–H groups in total. The fraction of sp³-hybridized carbons (Fsp3) is 0.692. The third-order valence-corrected chi connectivity index (χ3v) is 16.0. The van der Waals surface area contributed by atoms with Crippen LogP contribution in [0.4, 0.5) is 5.69 Å². The van der Waals surface area contributed by atoms with Gasteiger partial charge < -0.3 is 0 Å². The van der Waals surface area contributed by atoms with Crippen molar-refractivity contribution in [3.8, 4) is 0 Å². The van der Waals surface area contributed by atoms with Crippen molar-refractivity contribution in [1.29, 1.82) is 0 Å². The Bertz CT molecular complexity index is 980. The summed E-state index contributed by atoms with van der Waals surface area (Å²) in [5, 5.41) is 17.3. The minimum absolute atomic E-state index is 0.0119. The molecule has 1 atom stereocenters. The Kier molecular flexibility index (Phi) is 9.65. The van der Waals surface area contributed by atoms with E-state index in [1.54, 1.807) is 0 Å². The Morgan fingerprint density at radius 1 is 1.19 bits per heavy atom. The van der Waals surface area contributed by atoms with E-state index in [4.69, 9.17) is 5.84 Å². The van der Waals surface area contributed by atoms with E-state index in [0.717, 1.165) is 71.5 Å². The molecule has 1 saturated heterocycles. The van der Waals surface area contributed by atoms with Crippen molar-refractivity contribution in [2.45, 2.75) is 88.1 Å². The van der Waals surface area contributed by atoms with Crippen LogP contribution in [0.15, 0.2) is 22.6 Å². The standard InChI is InChI=1S/C26H40IN5O3S/c1-17-8-10-20(11-9-17)25(33)32(21-12-14-27(15-13-21)18(2)29-31-30-28)22-16-23(36-24(22)26(34)35)19-6-4-3-5-7-19/h6,16-18,20-21H,3-5,7-15H2,1-2H3,(H2,28,31)(H,29,30)(H,34,35)/t17?,18-,20?/m1/s1. The topological polar surface area (TPSA) is 120 Å². The van der Waals surface area contributed by atoms with Crippen LogP contribution in [0.3, 0.4) is 0 Å². The van der Waals surface area contributed by atoms with Gasteiger partial charge in [-0.2, -0.15) is 0 Å². The van der Waals surface area contributed by atoms with E-state index >= 15 is 0 Å². The second-order valence-corrected chi connectivity index (χ2v) is 18.3. The average molecular weight is 630 g/mol. The number of nitrogens with one attached hydrogen (secondary N) is 1. The van der Waals surface area contributed by atoms with Gasteiger partial charge in [0.2, 0.25) is 0 Å². The molecule has 200 valence electrons. The molecule has 1 saturated carbocycles. The van der Waals surface area contributed by atoms with Crippen molar-refractivity contribution in [3.05, 3.63) is 21.9 Å². The van der Waals surface area contributed by atoms with Crippen molar-refractivity contribution in [1.82, 2.24) is 5.43 Å². The van der Waals surface area contributed by atoms with Gasteiger partial charge in [0.25, 0.3) is 0 Å². The number of amides is 1. The van der Waals surface area contributed by atoms with Crippen LogP contribution in [-0.4, -0.2) is 35.9 Å². The van der Waals surface area contributed by atoms with Crippen molar-refractivity contribution in [2.24, 2.45) is 28.1 Å². The summed E-state index contributed by atoms with van der Waals surface area (Å²) in [6, 6.07) is 2.07. The number of halogens is 1. The van der Waals surface area contributed by atoms with Gasteiger partial charge in [-0.1, -0.05) is 0 Å². The van der Waals surface area contributed by atoms with E-state index in [-0.39, 0.29) is 17.9 Å². The van der Waals surface area contributed by atoms with Crippen molar-refractivity contribution in [2.75, 3.05) is 13.8 Å². The number of carbonyl (C=O) groups excluding carboxylic acids is 1. The molecule has 8 nitrogen and oxygen atoms in total. The summed E-state index contributed by atoms with van der Waals surface area (Å²) in [5.41, 5.74) is 4.93. The number of carboxylic acids is 1. The van der Waals surface area contributed by atoms with Crippen LogP contribution in [0, 0.1) is 11.8 Å². The summed E-state index contributed by atoms with van der Waals surface area (Å²) in [6.07, 6.45) is 12.4. The predicted octanol–water partition coefficient (Wildman–Crippen LogP) is 6.41. The molecule has 2 heterocycles. The number of alkyl halides is 3. The number of rotatable bonds is 8. The Hall–Kier alpha value is -1.69. The number of allylic oxidation sites excluding steroid dienone is 2. The van der Waals surface area contributed by atoms with Gasteiger partial charge in [-0.05, 0) is 0 Å². The molecular weight excluding hydrogens is 589 g/mol. The van der Waals surface area contributed by atoms with Crippen LogP contribution in [0.5, 0.6) is 0 Å². The quantitative estimate of drug-likeness (QED) is 0.0767. The van der Waals surface area contributed by atoms with E-state index in [2.05, 4.69) is 35.8 Å². The summed E-state index contributed by atoms with van der Waals surface area (Å²) in [5.74, 6) is 5.01. The summed E-state index contributed by atoms with van der Waals surface area (Å²) >= 11 is 0.0216. The molecule has 1 aromatic rings. The van der Waals surface area contributed by atoms with E-state index < -0.39 is 25.8 Å². The molecule has 0 unspecified atom stereocenters. The van der Waals surface area contributed by atoms with Gasteiger partial charge in [-0.3, -0.25) is 0 Å². The first kappa shape index (κ1) is 27.3. The normalized spacial score (nSPS) is 25.4. The second-order valence-electron chi connectivity index (χ2n) is 10.3. The number of hydrogen-bond acceptors (Lipinski definition) is 5. The molecule has 0 aromatic carbocycles. The number of hydrogen-bond donors (Lipinski definition) is 3. The molecule has 1 amide bonds. The first-order valence-corrected chi connectivity index (χ1v) is 18.4. The summed E-state index contributed by atoms with van der Waals surface area (Å²) in [4.78, 5) is 29.8. The maximum atomic E-state index is 14.1. The molecule has 36 heavy (non-hydrogen) atoms. The zero-order valence-electron chi connectivity index (χ0n) is 21.4. The number of nitrogens with two attached hydrogens (primary N) is 1. The average Bonchev–Trinajstić information content (AvgIpc) is 3.34. The number of aromatic carboxylic acids is 1. The van der Waals surface area contributed by atoms with Crippen LogP contribution in [0.1, 0.15) is 92.6 Å². The third-order valence-electron chi connectivity index (χ3n) is 7.87. The minimum atomic E-state index is -1.33. The molecule has 0 radical (unpaired) electrons. The van der Waals surface area contributed by atoms with E-state index in [1.807, 2.05) is 11.0 Å². The zero-order valence-corrected chi connectivity index (χ0v) is 24.4. The molecular formula is C26H40IN5O3S. The Morgan fingerprint density at radius 2 is 1.92 bits per heavy atom. The fourth-order valence-corrected chi connectivity index (χ4v) is 12.7. The molecule has 1 aromatic heterocycles. The van der Waals surface area contributed by atoms with Crippen LogP contribution in [0.25, 0.3) is 5.57 Å². The maximum absolute atomic E-state index is 14.1. The predicted molar refractivity (Wildman–Crippen MR) is 155 cm³/mol. The van der Waals surface area contributed by atoms with Crippen molar-refractivity contribution >= 4 is 54.3 Å². The SMILES string of the molecule is CC1CCC(C(=O)N(c2cc(C3=CCCCC3)sc2C(=O)O)C2CCI([C@@H](C)N/N=N\N)CC2)CC1. The number of thiophene rings is 1. The molecule has 0 spiro atoms. The van der Waals surface area contributed by atoms with Gasteiger partial charge in [-0.25, -0.2) is 0 Å². The first-order valence-electron chi connectivity index (χ1n) is 13.2. The first-order chi connectivity index (χ1) is 17.4. The third kappa shape index (κ3) is 6.41. The molecule has 2 aliphatic carbocycles. The van der Waals surface area contributed by atoms with Crippen LogP contribution in [-0.2, 0) is 4.79 Å². The van der Waals surface area contributed by atoms with Crippen LogP contribution >= 0.6 is 31.2 Å². The van der Waals surface area contributed by atoms with E-state index in [1.165, 1.54) is 23.3 Å². The Balaban J connectivity index is 1.63. The number of nitrogens with zero attached hydrogens (tertiary/aromatic N) is 3. The summed E-state index contributed by atoms with van der Waals surface area (Å²) in [7, 11) is 0. The Labute approximate surface area is 225 Å². The number of carbonyl (C=O) groups is 2. The molecule has 4 rings (SSSR count). The molecule has 10 heteroatoms. The summed E-state index contributed by atoms with van der Waals surface area (Å²) in [6.45, 7) is 4.41. The summed E-state index contributed by atoms with van der Waals surface area (Å²) < 4.78 is 2.49. The van der Waals surface area contributed by atoms with Gasteiger partial charge in [-0.15, -0.1) is 0 Å². The van der Waals surface area contributed by atoms with Gasteiger partial charge in [0.1, 0.15) is 0 Å². The van der Waals surface area contributed by atoms with Crippen LogP contribution < -0.4 is 16.2 Å².